The van der Waals surface area contributed by atoms with Crippen molar-refractivity contribution in [1.82, 2.24) is 0 Å². The summed E-state index contributed by atoms with van der Waals surface area (Å²) in [5, 5.41) is 9.51. The van der Waals surface area contributed by atoms with Crippen LogP contribution in [0.1, 0.15) is 33.1 Å². The highest BCUT2D eigenvalue weighted by Gasteiger charge is 2.13. The van der Waals surface area contributed by atoms with Gasteiger partial charge in [0.05, 0.1) is 0 Å². The van der Waals surface area contributed by atoms with E-state index in [1.165, 1.54) is 0 Å². The number of carboxylic acids is 1. The van der Waals surface area contributed by atoms with Crippen molar-refractivity contribution < 1.29 is 9.90 Å². The van der Waals surface area contributed by atoms with Gasteiger partial charge in [-0.15, -0.1) is 0 Å². The molecule has 0 spiro atoms. The van der Waals surface area contributed by atoms with Gasteiger partial charge in [-0.2, -0.15) is 0 Å². The number of hydrogen-bond acceptors (Lipinski definition) is 1. The fraction of sp³-hybridized carbons (Fsp3) is 0.889. The van der Waals surface area contributed by atoms with Gasteiger partial charge >= 0.3 is 5.97 Å². The summed E-state index contributed by atoms with van der Waals surface area (Å²) in [4.78, 5) is 10.5. The number of carbonyl (C=O) groups is 1. The molecule has 0 rings (SSSR count). The normalized spacial score (nSPS) is 13.3. The molecule has 0 aliphatic rings. The quantitative estimate of drug-likeness (QED) is 0.721. The van der Waals surface area contributed by atoms with E-state index in [-0.39, 0.29) is 0 Å². The monoisotopic (exact) mass is 236 g/mol. The maximum Gasteiger partial charge on any atom is 0.303 e. The summed E-state index contributed by atoms with van der Waals surface area (Å²) in [6.07, 6.45) is 2.28. The molecule has 0 saturated heterocycles. The van der Waals surface area contributed by atoms with Crippen molar-refractivity contribution in [3.63, 3.8) is 0 Å². The van der Waals surface area contributed by atoms with Gasteiger partial charge in [-0.1, -0.05) is 29.8 Å². The van der Waals surface area contributed by atoms with Crippen molar-refractivity contribution in [2.75, 3.05) is 5.33 Å². The van der Waals surface area contributed by atoms with Crippen molar-refractivity contribution in [3.8, 4) is 0 Å². The van der Waals surface area contributed by atoms with Crippen LogP contribution in [0.15, 0.2) is 0 Å². The molecule has 0 unspecified atom stereocenters. The first-order valence-electron chi connectivity index (χ1n) is 4.34. The Balaban J connectivity index is 3.77. The van der Waals surface area contributed by atoms with Crippen LogP contribution in [-0.4, -0.2) is 16.4 Å². The van der Waals surface area contributed by atoms with Crippen molar-refractivity contribution in [2.24, 2.45) is 11.8 Å². The molecule has 1 N–H and O–H groups in total. The highest BCUT2D eigenvalue weighted by Crippen LogP contribution is 2.19. The molecule has 0 amide bonds. The molecule has 3 heteroatoms. The van der Waals surface area contributed by atoms with Crippen LogP contribution in [0, 0.1) is 11.8 Å². The van der Waals surface area contributed by atoms with Crippen LogP contribution in [0.5, 0.6) is 0 Å². The summed E-state index contributed by atoms with van der Waals surface area (Å²) in [7, 11) is 0. The Labute approximate surface area is 82.5 Å². The third-order valence-electron chi connectivity index (χ3n) is 1.79. The molecular weight excluding hydrogens is 220 g/mol. The van der Waals surface area contributed by atoms with E-state index in [0.29, 0.717) is 18.3 Å². The lowest BCUT2D eigenvalue weighted by molar-refractivity contribution is -0.138. The van der Waals surface area contributed by atoms with E-state index in [1.54, 1.807) is 0 Å². The maximum atomic E-state index is 10.5. The molecule has 0 saturated carbocycles. The first kappa shape index (κ1) is 11.9. The fourth-order valence-corrected chi connectivity index (χ4v) is 2.02. The fourth-order valence-electron chi connectivity index (χ4n) is 1.37. The van der Waals surface area contributed by atoms with E-state index in [2.05, 4.69) is 29.8 Å². The zero-order chi connectivity index (χ0) is 9.56. The van der Waals surface area contributed by atoms with Crippen LogP contribution in [0.2, 0.25) is 0 Å². The predicted molar refractivity (Wildman–Crippen MR) is 53.6 cm³/mol. The van der Waals surface area contributed by atoms with Crippen molar-refractivity contribution >= 4 is 21.9 Å². The minimum Gasteiger partial charge on any atom is -0.481 e. The molecule has 72 valence electrons. The molecule has 0 aromatic rings. The van der Waals surface area contributed by atoms with E-state index in [9.17, 15) is 4.79 Å². The number of rotatable bonds is 6. The summed E-state index contributed by atoms with van der Waals surface area (Å²) >= 11 is 3.34. The van der Waals surface area contributed by atoms with Gasteiger partial charge in [-0.3, -0.25) is 4.79 Å². The summed E-state index contributed by atoms with van der Waals surface area (Å²) in [5.74, 6) is 0.247. The van der Waals surface area contributed by atoms with Gasteiger partial charge in [0.2, 0.25) is 0 Å². The first-order chi connectivity index (χ1) is 5.56. The molecule has 1 atom stereocenters. The smallest absolute Gasteiger partial charge is 0.303 e. The van der Waals surface area contributed by atoms with Gasteiger partial charge in [0.15, 0.2) is 0 Å². The second-order valence-electron chi connectivity index (χ2n) is 3.57. The number of hydrogen-bond donors (Lipinski definition) is 1. The van der Waals surface area contributed by atoms with Crippen LogP contribution >= 0.6 is 15.9 Å². The Bertz CT molecular complexity index is 134. The second-order valence-corrected chi connectivity index (χ2v) is 4.36. The van der Waals surface area contributed by atoms with E-state index in [1.807, 2.05) is 0 Å². The number of halogens is 1. The van der Waals surface area contributed by atoms with Crippen molar-refractivity contribution in [3.05, 3.63) is 0 Å². The molecule has 0 aliphatic heterocycles. The zero-order valence-corrected chi connectivity index (χ0v) is 9.30. The Morgan fingerprint density at radius 3 is 2.42 bits per heavy atom. The molecule has 12 heavy (non-hydrogen) atoms. The number of carboxylic acid groups (broad SMARTS) is 1. The average Bonchev–Trinajstić information content (AvgIpc) is 1.84. The summed E-state index contributed by atoms with van der Waals surface area (Å²) < 4.78 is 0. The minimum atomic E-state index is -0.679. The Kier molecular flexibility index (Phi) is 6.44. The lowest BCUT2D eigenvalue weighted by Gasteiger charge is -2.15. The molecule has 0 bridgehead atoms. The summed E-state index contributed by atoms with van der Waals surface area (Å²) in [6.45, 7) is 4.26. The molecule has 2 nitrogen and oxygen atoms in total. The topological polar surface area (TPSA) is 37.3 Å². The van der Waals surface area contributed by atoms with E-state index < -0.39 is 5.97 Å². The van der Waals surface area contributed by atoms with Gasteiger partial charge in [0.25, 0.3) is 0 Å². The molecule has 0 aliphatic carbocycles. The van der Waals surface area contributed by atoms with Gasteiger partial charge < -0.3 is 5.11 Å². The van der Waals surface area contributed by atoms with Gasteiger partial charge in [-0.25, -0.2) is 0 Å². The highest BCUT2D eigenvalue weighted by atomic mass is 79.9. The van der Waals surface area contributed by atoms with Gasteiger partial charge in [-0.05, 0) is 24.7 Å². The molecule has 0 aromatic heterocycles. The van der Waals surface area contributed by atoms with E-state index >= 15 is 0 Å². The molecule has 0 radical (unpaired) electrons. The lowest BCUT2D eigenvalue weighted by atomic mass is 9.92. The predicted octanol–water partition coefficient (Wildman–Crippen LogP) is 2.91. The van der Waals surface area contributed by atoms with Gasteiger partial charge in [0, 0.05) is 11.8 Å². The maximum absolute atomic E-state index is 10.5. The van der Waals surface area contributed by atoms with Crippen LogP contribution in [0.4, 0.5) is 0 Å². The zero-order valence-electron chi connectivity index (χ0n) is 7.72. The van der Waals surface area contributed by atoms with E-state index in [0.717, 1.165) is 18.2 Å². The van der Waals surface area contributed by atoms with Crippen molar-refractivity contribution in [2.45, 2.75) is 33.1 Å². The van der Waals surface area contributed by atoms with Crippen LogP contribution in [0.3, 0.4) is 0 Å². The molecule has 0 fully saturated rings. The molecule has 0 aromatic carbocycles. The van der Waals surface area contributed by atoms with Gasteiger partial charge in [0.1, 0.15) is 0 Å². The van der Waals surface area contributed by atoms with E-state index in [4.69, 9.17) is 5.11 Å². The summed E-state index contributed by atoms with van der Waals surface area (Å²) in [6, 6.07) is 0. The lowest BCUT2D eigenvalue weighted by Crippen LogP contribution is -2.11. The van der Waals surface area contributed by atoms with Crippen LogP contribution in [0.25, 0.3) is 0 Å². The molecular formula is C9H17BrO2. The summed E-state index contributed by atoms with van der Waals surface area (Å²) in [5.41, 5.74) is 0. The third kappa shape index (κ3) is 6.65. The standard InChI is InChI=1S/C9H17BrO2/c1-7(2)5-8(3-4-10)6-9(11)12/h7-8H,3-6H2,1-2H3,(H,11,12)/t8-/m1/s1. The number of alkyl halides is 1. The van der Waals surface area contributed by atoms with Crippen molar-refractivity contribution in [1.29, 1.82) is 0 Å². The Hall–Kier alpha value is -0.0500. The second kappa shape index (κ2) is 6.46. The Morgan fingerprint density at radius 2 is 2.08 bits per heavy atom. The third-order valence-corrected chi connectivity index (χ3v) is 2.24. The van der Waals surface area contributed by atoms with Crippen LogP contribution in [-0.2, 0) is 4.79 Å². The number of aliphatic carboxylic acids is 1. The minimum absolute atomic E-state index is 0.309. The SMILES string of the molecule is CC(C)C[C@@H](CCBr)CC(=O)O. The van der Waals surface area contributed by atoms with Crippen LogP contribution < -0.4 is 0 Å². The molecule has 0 heterocycles. The largest absolute Gasteiger partial charge is 0.481 e. The highest BCUT2D eigenvalue weighted by molar-refractivity contribution is 9.09. The average molecular weight is 237 g/mol. The Morgan fingerprint density at radius 1 is 1.50 bits per heavy atom. The first-order valence-corrected chi connectivity index (χ1v) is 5.46.